The Morgan fingerprint density at radius 2 is 1.72 bits per heavy atom. The van der Waals surface area contributed by atoms with Crippen LogP contribution in [0.3, 0.4) is 0 Å². The van der Waals surface area contributed by atoms with Crippen molar-refractivity contribution in [3.8, 4) is 0 Å². The second-order valence-electron chi connectivity index (χ2n) is 7.28. The highest BCUT2D eigenvalue weighted by atomic mass is 16.1. The lowest BCUT2D eigenvalue weighted by Crippen LogP contribution is -2.35. The van der Waals surface area contributed by atoms with Crippen LogP contribution in [0.15, 0.2) is 47.3 Å². The maximum atomic E-state index is 13.1. The van der Waals surface area contributed by atoms with E-state index in [-0.39, 0.29) is 5.43 Å². The van der Waals surface area contributed by atoms with E-state index in [9.17, 15) is 4.79 Å². The molecule has 2 heterocycles. The van der Waals surface area contributed by atoms with Crippen LogP contribution in [0.2, 0.25) is 0 Å². The van der Waals surface area contributed by atoms with E-state index in [1.54, 1.807) is 0 Å². The van der Waals surface area contributed by atoms with Crippen LogP contribution in [-0.4, -0.2) is 16.0 Å². The zero-order valence-electron chi connectivity index (χ0n) is 15.2. The van der Waals surface area contributed by atoms with E-state index in [2.05, 4.69) is 59.8 Å². The first-order chi connectivity index (χ1) is 12.0. The Kier molecular flexibility index (Phi) is 3.97. The molecule has 0 amide bonds. The highest BCUT2D eigenvalue weighted by molar-refractivity contribution is 5.81. The van der Waals surface area contributed by atoms with Gasteiger partial charge in [0, 0.05) is 49.7 Å². The van der Waals surface area contributed by atoms with E-state index in [4.69, 9.17) is 0 Å². The smallest absolute Gasteiger partial charge is 0.194 e. The van der Waals surface area contributed by atoms with Gasteiger partial charge in [0.25, 0.3) is 0 Å². The Morgan fingerprint density at radius 1 is 1.00 bits per heavy atom. The lowest BCUT2D eigenvalue weighted by Gasteiger charge is -2.30. The lowest BCUT2D eigenvalue weighted by atomic mass is 10.00. The first kappa shape index (κ1) is 16.1. The Balaban J connectivity index is 1.71. The van der Waals surface area contributed by atoms with Crippen molar-refractivity contribution in [3.05, 3.63) is 80.6 Å². The van der Waals surface area contributed by atoms with Gasteiger partial charge >= 0.3 is 0 Å². The first-order valence-corrected chi connectivity index (χ1v) is 8.92. The van der Waals surface area contributed by atoms with Crippen molar-refractivity contribution in [2.75, 3.05) is 6.54 Å². The molecule has 0 saturated heterocycles. The van der Waals surface area contributed by atoms with Crippen molar-refractivity contribution in [3.63, 3.8) is 0 Å². The summed E-state index contributed by atoms with van der Waals surface area (Å²) in [6.07, 6.45) is 0.927. The minimum absolute atomic E-state index is 0.209. The van der Waals surface area contributed by atoms with Gasteiger partial charge in [0.2, 0.25) is 0 Å². The molecule has 25 heavy (non-hydrogen) atoms. The highest BCUT2D eigenvalue weighted by Crippen LogP contribution is 2.23. The van der Waals surface area contributed by atoms with E-state index in [1.807, 2.05) is 13.0 Å². The van der Waals surface area contributed by atoms with Crippen molar-refractivity contribution >= 4 is 10.9 Å². The second-order valence-corrected chi connectivity index (χ2v) is 7.28. The number of hydrogen-bond donors (Lipinski definition) is 0. The number of aryl methyl sites for hydroxylation is 3. The number of fused-ring (bicyclic) bond motifs is 2. The van der Waals surface area contributed by atoms with Crippen molar-refractivity contribution in [2.24, 2.45) is 7.05 Å². The molecule has 4 rings (SSSR count). The fourth-order valence-corrected chi connectivity index (χ4v) is 3.90. The SMILES string of the molecule is Cc1ccc(CN2CCc3c(c(=O)c4cc(C)ccc4n3C)C2)cc1. The van der Waals surface area contributed by atoms with Gasteiger partial charge in [-0.3, -0.25) is 9.69 Å². The average Bonchev–Trinajstić information content (AvgIpc) is 2.61. The van der Waals surface area contributed by atoms with Gasteiger partial charge in [-0.15, -0.1) is 0 Å². The van der Waals surface area contributed by atoms with Crippen LogP contribution < -0.4 is 5.43 Å². The standard InChI is InChI=1S/C22H24N2O/c1-15-4-7-17(8-5-15)13-24-11-10-21-19(14-24)22(25)18-12-16(2)6-9-20(18)23(21)3/h4-9,12H,10-11,13-14H2,1-3H3. The summed E-state index contributed by atoms with van der Waals surface area (Å²) in [4.78, 5) is 15.5. The van der Waals surface area contributed by atoms with Crippen LogP contribution in [0.4, 0.5) is 0 Å². The highest BCUT2D eigenvalue weighted by Gasteiger charge is 2.22. The van der Waals surface area contributed by atoms with E-state index in [0.717, 1.165) is 48.1 Å². The lowest BCUT2D eigenvalue weighted by molar-refractivity contribution is 0.241. The summed E-state index contributed by atoms with van der Waals surface area (Å²) < 4.78 is 2.22. The maximum absolute atomic E-state index is 13.1. The van der Waals surface area contributed by atoms with Crippen LogP contribution in [-0.2, 0) is 26.6 Å². The minimum Gasteiger partial charge on any atom is -0.347 e. The van der Waals surface area contributed by atoms with E-state index < -0.39 is 0 Å². The normalized spacial score (nSPS) is 14.7. The van der Waals surface area contributed by atoms with E-state index in [0.29, 0.717) is 0 Å². The second kappa shape index (κ2) is 6.16. The summed E-state index contributed by atoms with van der Waals surface area (Å²) in [5.74, 6) is 0. The molecule has 0 N–H and O–H groups in total. The number of rotatable bonds is 2. The topological polar surface area (TPSA) is 25.2 Å². The summed E-state index contributed by atoms with van der Waals surface area (Å²) in [7, 11) is 2.09. The predicted molar refractivity (Wildman–Crippen MR) is 103 cm³/mol. The van der Waals surface area contributed by atoms with Crippen molar-refractivity contribution < 1.29 is 0 Å². The van der Waals surface area contributed by atoms with Crippen LogP contribution in [0.5, 0.6) is 0 Å². The van der Waals surface area contributed by atoms with Gasteiger partial charge in [0.05, 0.1) is 5.52 Å². The van der Waals surface area contributed by atoms with Crippen LogP contribution in [0.25, 0.3) is 10.9 Å². The zero-order chi connectivity index (χ0) is 17.6. The molecule has 0 fully saturated rings. The third-order valence-electron chi connectivity index (χ3n) is 5.36. The van der Waals surface area contributed by atoms with Gasteiger partial charge in [-0.1, -0.05) is 41.5 Å². The molecule has 3 aromatic rings. The Morgan fingerprint density at radius 3 is 2.48 bits per heavy atom. The molecule has 0 atom stereocenters. The number of nitrogens with zero attached hydrogens (tertiary/aromatic N) is 2. The van der Waals surface area contributed by atoms with Crippen molar-refractivity contribution in [2.45, 2.75) is 33.4 Å². The fourth-order valence-electron chi connectivity index (χ4n) is 3.90. The summed E-state index contributed by atoms with van der Waals surface area (Å²) in [5.41, 5.74) is 7.14. The molecule has 3 nitrogen and oxygen atoms in total. The van der Waals surface area contributed by atoms with Gasteiger partial charge in [0.15, 0.2) is 5.43 Å². The molecule has 128 valence electrons. The Bertz CT molecular complexity index is 999. The van der Waals surface area contributed by atoms with Crippen molar-refractivity contribution in [1.29, 1.82) is 0 Å². The molecule has 0 bridgehead atoms. The molecule has 0 aliphatic carbocycles. The largest absolute Gasteiger partial charge is 0.347 e. The number of aromatic nitrogens is 1. The molecule has 0 unspecified atom stereocenters. The van der Waals surface area contributed by atoms with Gasteiger partial charge in [-0.25, -0.2) is 0 Å². The van der Waals surface area contributed by atoms with E-state index >= 15 is 0 Å². The fraction of sp³-hybridized carbons (Fsp3) is 0.318. The van der Waals surface area contributed by atoms with Gasteiger partial charge < -0.3 is 4.57 Å². The van der Waals surface area contributed by atoms with Crippen LogP contribution in [0.1, 0.15) is 27.9 Å². The average molecular weight is 332 g/mol. The molecule has 1 aliphatic rings. The number of hydrogen-bond acceptors (Lipinski definition) is 2. The molecule has 0 saturated carbocycles. The molecular formula is C22H24N2O. The summed E-state index contributed by atoms with van der Waals surface area (Å²) in [5, 5.41) is 0.846. The van der Waals surface area contributed by atoms with Crippen LogP contribution in [0, 0.1) is 13.8 Å². The molecule has 1 aromatic heterocycles. The summed E-state index contributed by atoms with van der Waals surface area (Å²) in [6.45, 7) is 6.78. The van der Waals surface area contributed by atoms with Crippen LogP contribution >= 0.6 is 0 Å². The van der Waals surface area contributed by atoms with E-state index in [1.165, 1.54) is 16.8 Å². The molecule has 2 aromatic carbocycles. The first-order valence-electron chi connectivity index (χ1n) is 8.92. The van der Waals surface area contributed by atoms with Gasteiger partial charge in [-0.2, -0.15) is 0 Å². The molecule has 3 heteroatoms. The molecule has 0 radical (unpaired) electrons. The van der Waals surface area contributed by atoms with Gasteiger partial charge in [-0.05, 0) is 31.5 Å². The third-order valence-corrected chi connectivity index (χ3v) is 5.36. The zero-order valence-corrected chi connectivity index (χ0v) is 15.2. The Labute approximate surface area is 148 Å². The monoisotopic (exact) mass is 332 g/mol. The summed E-state index contributed by atoms with van der Waals surface area (Å²) >= 11 is 0. The summed E-state index contributed by atoms with van der Waals surface area (Å²) in [6, 6.07) is 14.9. The number of benzene rings is 2. The quantitative estimate of drug-likeness (QED) is 0.715. The minimum atomic E-state index is 0.209. The van der Waals surface area contributed by atoms with Gasteiger partial charge in [0.1, 0.15) is 0 Å². The third kappa shape index (κ3) is 2.89. The maximum Gasteiger partial charge on any atom is 0.194 e. The predicted octanol–water partition coefficient (Wildman–Crippen LogP) is 3.71. The molecule has 1 aliphatic heterocycles. The number of pyridine rings is 1. The van der Waals surface area contributed by atoms with Crippen molar-refractivity contribution in [1.82, 2.24) is 9.47 Å². The molecular weight excluding hydrogens is 308 g/mol. The molecule has 0 spiro atoms. The Hall–Kier alpha value is -2.39.